The third kappa shape index (κ3) is 3.19. The van der Waals surface area contributed by atoms with Crippen LogP contribution < -0.4 is 5.32 Å². The fourth-order valence-electron chi connectivity index (χ4n) is 3.49. The molecule has 1 aliphatic carbocycles. The summed E-state index contributed by atoms with van der Waals surface area (Å²) in [5.74, 6) is 0.656. The lowest BCUT2D eigenvalue weighted by Gasteiger charge is -2.38. The van der Waals surface area contributed by atoms with Gasteiger partial charge in [-0.15, -0.1) is 0 Å². The number of benzene rings is 1. The lowest BCUT2D eigenvalue weighted by molar-refractivity contribution is 0.220. The first-order valence-corrected chi connectivity index (χ1v) is 8.33. The van der Waals surface area contributed by atoms with Gasteiger partial charge in [-0.3, -0.25) is 4.90 Å². The van der Waals surface area contributed by atoms with Gasteiger partial charge in [-0.2, -0.15) is 0 Å². The average molecular weight is 293 g/mol. The molecule has 20 heavy (non-hydrogen) atoms. The smallest absolute Gasteiger partial charge is 0.0440 e. The Morgan fingerprint density at radius 3 is 2.65 bits per heavy atom. The minimum Gasteiger partial charge on any atom is -0.312 e. The Morgan fingerprint density at radius 2 is 1.95 bits per heavy atom. The summed E-state index contributed by atoms with van der Waals surface area (Å²) in [7, 11) is 0. The number of nitrogens with zero attached hydrogens (tertiary/aromatic N) is 1. The van der Waals surface area contributed by atoms with E-state index >= 15 is 0 Å². The van der Waals surface area contributed by atoms with Gasteiger partial charge in [-0.1, -0.05) is 29.8 Å². The molecule has 0 aromatic heterocycles. The largest absolute Gasteiger partial charge is 0.312 e. The summed E-state index contributed by atoms with van der Waals surface area (Å²) in [5, 5.41) is 4.66. The van der Waals surface area contributed by atoms with Crippen LogP contribution in [0.5, 0.6) is 0 Å². The van der Waals surface area contributed by atoms with Gasteiger partial charge in [0.2, 0.25) is 0 Å². The summed E-state index contributed by atoms with van der Waals surface area (Å²) in [5.41, 5.74) is 1.33. The highest BCUT2D eigenvalue weighted by Crippen LogP contribution is 2.39. The van der Waals surface area contributed by atoms with E-state index in [1.54, 1.807) is 0 Å². The average Bonchev–Trinajstić information content (AvgIpc) is 2.92. The Bertz CT molecular complexity index is 436. The molecule has 2 nitrogen and oxygen atoms in total. The molecule has 1 N–H and O–H groups in total. The SMILES string of the molecule is CC(CNC1CC(c2ccccc2Cl)C1)N1CCCC1. The molecule has 0 amide bonds. The normalized spacial score (nSPS) is 28.3. The van der Waals surface area contributed by atoms with E-state index < -0.39 is 0 Å². The highest BCUT2D eigenvalue weighted by atomic mass is 35.5. The van der Waals surface area contributed by atoms with Crippen LogP contribution in [0.2, 0.25) is 5.02 Å². The Morgan fingerprint density at radius 1 is 1.25 bits per heavy atom. The Balaban J connectivity index is 1.41. The quantitative estimate of drug-likeness (QED) is 0.891. The van der Waals surface area contributed by atoms with Gasteiger partial charge in [0, 0.05) is 23.7 Å². The first-order valence-electron chi connectivity index (χ1n) is 7.96. The minimum atomic E-state index is 0.656. The second-order valence-electron chi connectivity index (χ2n) is 6.39. The maximum atomic E-state index is 6.27. The minimum absolute atomic E-state index is 0.656. The van der Waals surface area contributed by atoms with Crippen molar-refractivity contribution in [3.05, 3.63) is 34.9 Å². The van der Waals surface area contributed by atoms with Crippen LogP contribution in [0, 0.1) is 0 Å². The van der Waals surface area contributed by atoms with E-state index in [9.17, 15) is 0 Å². The standard InChI is InChI=1S/C17H25ClN2/c1-13(20-8-4-5-9-20)12-19-15-10-14(11-15)16-6-2-3-7-17(16)18/h2-3,6-7,13-15,19H,4-5,8-12H2,1H3. The summed E-state index contributed by atoms with van der Waals surface area (Å²) in [6.07, 6.45) is 5.22. The first-order chi connectivity index (χ1) is 9.74. The number of hydrogen-bond acceptors (Lipinski definition) is 2. The van der Waals surface area contributed by atoms with Gasteiger partial charge in [-0.25, -0.2) is 0 Å². The van der Waals surface area contributed by atoms with E-state index in [0.29, 0.717) is 18.0 Å². The highest BCUT2D eigenvalue weighted by molar-refractivity contribution is 6.31. The molecule has 3 heteroatoms. The van der Waals surface area contributed by atoms with Crippen molar-refractivity contribution >= 4 is 11.6 Å². The first kappa shape index (κ1) is 14.4. The Hall–Kier alpha value is -0.570. The summed E-state index contributed by atoms with van der Waals surface area (Å²) < 4.78 is 0. The molecule has 1 saturated carbocycles. The van der Waals surface area contributed by atoms with Gasteiger partial charge < -0.3 is 5.32 Å². The van der Waals surface area contributed by atoms with Crippen LogP contribution in [0.15, 0.2) is 24.3 Å². The summed E-state index contributed by atoms with van der Waals surface area (Å²) in [6.45, 7) is 6.05. The van der Waals surface area contributed by atoms with Crippen LogP contribution >= 0.6 is 11.6 Å². The molecule has 0 spiro atoms. The predicted molar refractivity (Wildman–Crippen MR) is 85.5 cm³/mol. The third-order valence-electron chi connectivity index (χ3n) is 4.95. The van der Waals surface area contributed by atoms with E-state index in [1.165, 1.54) is 44.3 Å². The number of halogens is 1. The summed E-state index contributed by atoms with van der Waals surface area (Å²) in [4.78, 5) is 2.61. The maximum Gasteiger partial charge on any atom is 0.0440 e. The van der Waals surface area contributed by atoms with Gasteiger partial charge in [0.15, 0.2) is 0 Å². The molecule has 1 aliphatic heterocycles. The molecule has 0 bridgehead atoms. The van der Waals surface area contributed by atoms with Crippen LogP contribution in [0.1, 0.15) is 44.1 Å². The van der Waals surface area contributed by atoms with E-state index in [4.69, 9.17) is 11.6 Å². The second kappa shape index (κ2) is 6.46. The monoisotopic (exact) mass is 292 g/mol. The fraction of sp³-hybridized carbons (Fsp3) is 0.647. The number of likely N-dealkylation sites (tertiary alicyclic amines) is 1. The summed E-state index contributed by atoms with van der Waals surface area (Å²) in [6, 6.07) is 9.65. The second-order valence-corrected chi connectivity index (χ2v) is 6.79. The molecule has 2 aliphatic rings. The van der Waals surface area contributed by atoms with Crippen molar-refractivity contribution in [2.45, 2.75) is 50.6 Å². The molecule has 3 rings (SSSR count). The van der Waals surface area contributed by atoms with Crippen molar-refractivity contribution in [1.82, 2.24) is 10.2 Å². The van der Waals surface area contributed by atoms with Crippen LogP contribution in [0.25, 0.3) is 0 Å². The fourth-order valence-corrected chi connectivity index (χ4v) is 3.78. The van der Waals surface area contributed by atoms with Crippen LogP contribution in [0.4, 0.5) is 0 Å². The molecule has 1 saturated heterocycles. The van der Waals surface area contributed by atoms with Crippen molar-refractivity contribution in [3.63, 3.8) is 0 Å². The van der Waals surface area contributed by atoms with Crippen molar-refractivity contribution in [3.8, 4) is 0 Å². The van der Waals surface area contributed by atoms with Crippen molar-refractivity contribution in [1.29, 1.82) is 0 Å². The zero-order valence-electron chi connectivity index (χ0n) is 12.3. The molecule has 1 atom stereocenters. The van der Waals surface area contributed by atoms with E-state index in [0.717, 1.165) is 11.6 Å². The molecule has 1 heterocycles. The Labute approximate surface area is 127 Å². The molecular formula is C17H25ClN2. The lowest BCUT2D eigenvalue weighted by atomic mass is 9.76. The summed E-state index contributed by atoms with van der Waals surface area (Å²) >= 11 is 6.27. The van der Waals surface area contributed by atoms with Gasteiger partial charge in [0.1, 0.15) is 0 Å². The predicted octanol–water partition coefficient (Wildman–Crippen LogP) is 3.66. The molecule has 1 aromatic carbocycles. The molecule has 110 valence electrons. The Kier molecular flexibility index (Phi) is 4.65. The van der Waals surface area contributed by atoms with E-state index in [1.807, 2.05) is 12.1 Å². The number of nitrogens with one attached hydrogen (secondary N) is 1. The molecule has 2 fully saturated rings. The van der Waals surface area contributed by atoms with Crippen LogP contribution in [0.3, 0.4) is 0 Å². The van der Waals surface area contributed by atoms with Crippen LogP contribution in [-0.4, -0.2) is 36.6 Å². The van der Waals surface area contributed by atoms with Crippen LogP contribution in [-0.2, 0) is 0 Å². The lowest BCUT2D eigenvalue weighted by Crippen LogP contribution is -2.46. The number of rotatable bonds is 5. The van der Waals surface area contributed by atoms with Crippen molar-refractivity contribution < 1.29 is 0 Å². The van der Waals surface area contributed by atoms with Gasteiger partial charge >= 0.3 is 0 Å². The number of hydrogen-bond donors (Lipinski definition) is 1. The van der Waals surface area contributed by atoms with Crippen molar-refractivity contribution in [2.24, 2.45) is 0 Å². The van der Waals surface area contributed by atoms with Gasteiger partial charge in [0.25, 0.3) is 0 Å². The van der Waals surface area contributed by atoms with E-state index in [2.05, 4.69) is 29.3 Å². The van der Waals surface area contributed by atoms with E-state index in [-0.39, 0.29) is 0 Å². The molecular weight excluding hydrogens is 268 g/mol. The molecule has 0 radical (unpaired) electrons. The highest BCUT2D eigenvalue weighted by Gasteiger charge is 2.31. The zero-order valence-corrected chi connectivity index (χ0v) is 13.1. The third-order valence-corrected chi connectivity index (χ3v) is 5.29. The maximum absolute atomic E-state index is 6.27. The van der Waals surface area contributed by atoms with Gasteiger partial charge in [-0.05, 0) is 63.2 Å². The topological polar surface area (TPSA) is 15.3 Å². The molecule has 1 unspecified atom stereocenters. The van der Waals surface area contributed by atoms with Gasteiger partial charge in [0.05, 0.1) is 0 Å². The van der Waals surface area contributed by atoms with Crippen molar-refractivity contribution in [2.75, 3.05) is 19.6 Å². The zero-order chi connectivity index (χ0) is 13.9. The molecule has 1 aromatic rings.